The highest BCUT2D eigenvalue weighted by Crippen LogP contribution is 2.41. The predicted octanol–water partition coefficient (Wildman–Crippen LogP) is 3.99. The molecule has 2 heterocycles. The molecule has 0 fully saturated rings. The van der Waals surface area contributed by atoms with E-state index in [0.29, 0.717) is 35.9 Å². The maximum atomic E-state index is 13.8. The molecular formula is C28H28N2O5. The average Bonchev–Trinajstić information content (AvgIpc) is 2.90. The molecule has 3 aromatic rings. The van der Waals surface area contributed by atoms with Crippen LogP contribution in [0.2, 0.25) is 0 Å². The van der Waals surface area contributed by atoms with Crippen molar-refractivity contribution < 1.29 is 23.8 Å². The molecule has 2 aliphatic heterocycles. The van der Waals surface area contributed by atoms with Crippen molar-refractivity contribution in [2.45, 2.75) is 25.5 Å². The van der Waals surface area contributed by atoms with E-state index in [0.717, 1.165) is 16.7 Å². The molecule has 0 saturated carbocycles. The molecule has 0 aromatic heterocycles. The van der Waals surface area contributed by atoms with Crippen molar-refractivity contribution in [3.05, 3.63) is 83.4 Å². The van der Waals surface area contributed by atoms with Gasteiger partial charge in [-0.2, -0.15) is 0 Å². The van der Waals surface area contributed by atoms with E-state index in [-0.39, 0.29) is 24.4 Å². The first kappa shape index (κ1) is 22.8. The Balaban J connectivity index is 1.53. The fraction of sp³-hybridized carbons (Fsp3) is 0.286. The highest BCUT2D eigenvalue weighted by Gasteiger charge is 2.37. The molecule has 0 spiro atoms. The molecular weight excluding hydrogens is 444 g/mol. The fourth-order valence-electron chi connectivity index (χ4n) is 4.96. The lowest BCUT2D eigenvalue weighted by atomic mass is 9.87. The molecule has 2 atom stereocenters. The highest BCUT2D eigenvalue weighted by molar-refractivity contribution is 6.03. The smallest absolute Gasteiger partial charge is 0.268 e. The number of carbonyl (C=O) groups excluding carboxylic acids is 2. The Morgan fingerprint density at radius 1 is 1.00 bits per heavy atom. The molecule has 2 unspecified atom stereocenters. The minimum Gasteiger partial charge on any atom is -0.493 e. The summed E-state index contributed by atoms with van der Waals surface area (Å²) in [6.45, 7) is 2.17. The molecule has 2 aliphatic rings. The summed E-state index contributed by atoms with van der Waals surface area (Å²) in [5.41, 5.74) is 3.72. The van der Waals surface area contributed by atoms with Crippen LogP contribution in [0.15, 0.2) is 66.7 Å². The van der Waals surface area contributed by atoms with E-state index in [1.807, 2.05) is 71.6 Å². The van der Waals surface area contributed by atoms with Crippen LogP contribution in [-0.2, 0) is 16.0 Å². The highest BCUT2D eigenvalue weighted by atomic mass is 16.5. The van der Waals surface area contributed by atoms with Crippen LogP contribution < -0.4 is 19.1 Å². The molecule has 3 aromatic carbocycles. The summed E-state index contributed by atoms with van der Waals surface area (Å²) >= 11 is 0. The Morgan fingerprint density at radius 2 is 1.69 bits per heavy atom. The zero-order valence-electron chi connectivity index (χ0n) is 20.1. The van der Waals surface area contributed by atoms with Crippen LogP contribution >= 0.6 is 0 Å². The topological polar surface area (TPSA) is 68.3 Å². The third-order valence-electron chi connectivity index (χ3n) is 6.68. The fourth-order valence-corrected chi connectivity index (χ4v) is 4.96. The summed E-state index contributed by atoms with van der Waals surface area (Å²) in [6, 6.07) is 20.9. The summed E-state index contributed by atoms with van der Waals surface area (Å²) in [6.07, 6.45) is 0.0239. The molecule has 0 aliphatic carbocycles. The zero-order valence-corrected chi connectivity index (χ0v) is 20.1. The van der Waals surface area contributed by atoms with Gasteiger partial charge in [0, 0.05) is 6.54 Å². The van der Waals surface area contributed by atoms with E-state index in [2.05, 4.69) is 0 Å². The van der Waals surface area contributed by atoms with Gasteiger partial charge in [-0.3, -0.25) is 14.5 Å². The molecule has 7 nitrogen and oxygen atoms in total. The Labute approximate surface area is 204 Å². The molecule has 5 rings (SSSR count). The van der Waals surface area contributed by atoms with Gasteiger partial charge in [0.1, 0.15) is 12.3 Å². The maximum Gasteiger partial charge on any atom is 0.268 e. The van der Waals surface area contributed by atoms with Gasteiger partial charge in [-0.15, -0.1) is 0 Å². The van der Waals surface area contributed by atoms with Crippen LogP contribution in [-0.4, -0.2) is 50.1 Å². The summed E-state index contributed by atoms with van der Waals surface area (Å²) in [4.78, 5) is 30.2. The molecule has 0 radical (unpaired) electrons. The van der Waals surface area contributed by atoms with Gasteiger partial charge in [0.2, 0.25) is 5.91 Å². The lowest BCUT2D eigenvalue weighted by Gasteiger charge is -2.40. The van der Waals surface area contributed by atoms with Gasteiger partial charge in [0.05, 0.1) is 25.9 Å². The van der Waals surface area contributed by atoms with Gasteiger partial charge in [0.25, 0.3) is 5.91 Å². The third-order valence-corrected chi connectivity index (χ3v) is 6.68. The van der Waals surface area contributed by atoms with Crippen molar-refractivity contribution in [2.24, 2.45) is 0 Å². The van der Waals surface area contributed by atoms with Crippen LogP contribution in [0, 0.1) is 0 Å². The normalized spacial score (nSPS) is 18.9. The number of methoxy groups -OCH3 is 2. The van der Waals surface area contributed by atoms with Gasteiger partial charge >= 0.3 is 0 Å². The number of fused-ring (bicyclic) bond motifs is 2. The van der Waals surface area contributed by atoms with Gasteiger partial charge in [0.15, 0.2) is 17.6 Å². The molecule has 0 saturated heterocycles. The molecule has 0 N–H and O–H groups in total. The van der Waals surface area contributed by atoms with Crippen LogP contribution in [0.5, 0.6) is 17.2 Å². The molecule has 2 amide bonds. The summed E-state index contributed by atoms with van der Waals surface area (Å²) < 4.78 is 16.8. The molecule has 180 valence electrons. The Kier molecular flexibility index (Phi) is 6.07. The van der Waals surface area contributed by atoms with E-state index < -0.39 is 6.10 Å². The SMILES string of the molecule is COc1cc2c(cc1OC)C(c1ccccc1)N(C(=O)CN1C(=O)C(C)Oc3ccccc31)CC2. The summed E-state index contributed by atoms with van der Waals surface area (Å²) in [7, 11) is 3.23. The van der Waals surface area contributed by atoms with Crippen molar-refractivity contribution in [3.63, 3.8) is 0 Å². The summed E-state index contributed by atoms with van der Waals surface area (Å²) in [5.74, 6) is 1.54. The van der Waals surface area contributed by atoms with Crippen LogP contribution in [0.1, 0.15) is 29.7 Å². The van der Waals surface area contributed by atoms with Gasteiger partial charge in [-0.1, -0.05) is 42.5 Å². The lowest BCUT2D eigenvalue weighted by molar-refractivity contribution is -0.134. The minimum absolute atomic E-state index is 0.0600. The van der Waals surface area contributed by atoms with E-state index in [9.17, 15) is 9.59 Å². The Morgan fingerprint density at radius 3 is 2.43 bits per heavy atom. The minimum atomic E-state index is -0.651. The van der Waals surface area contributed by atoms with Crippen LogP contribution in [0.3, 0.4) is 0 Å². The number of hydrogen-bond donors (Lipinski definition) is 0. The second-order valence-electron chi connectivity index (χ2n) is 8.71. The first-order chi connectivity index (χ1) is 17.0. The zero-order chi connectivity index (χ0) is 24.5. The van der Waals surface area contributed by atoms with E-state index >= 15 is 0 Å². The third kappa shape index (κ3) is 4.07. The average molecular weight is 473 g/mol. The number of hydrogen-bond acceptors (Lipinski definition) is 5. The van der Waals surface area contributed by atoms with Crippen molar-refractivity contribution >= 4 is 17.5 Å². The summed E-state index contributed by atoms with van der Waals surface area (Å²) in [5, 5.41) is 0. The van der Waals surface area contributed by atoms with Crippen molar-refractivity contribution in [3.8, 4) is 17.2 Å². The second-order valence-corrected chi connectivity index (χ2v) is 8.71. The van der Waals surface area contributed by atoms with Crippen LogP contribution in [0.4, 0.5) is 5.69 Å². The van der Waals surface area contributed by atoms with Gasteiger partial charge in [-0.05, 0) is 54.3 Å². The van der Waals surface area contributed by atoms with Crippen molar-refractivity contribution in [1.82, 2.24) is 4.90 Å². The largest absolute Gasteiger partial charge is 0.493 e. The molecule has 7 heteroatoms. The number of para-hydroxylation sites is 2. The Bertz CT molecular complexity index is 1260. The van der Waals surface area contributed by atoms with E-state index in [4.69, 9.17) is 14.2 Å². The van der Waals surface area contributed by atoms with Gasteiger partial charge in [-0.25, -0.2) is 0 Å². The van der Waals surface area contributed by atoms with E-state index in [1.165, 1.54) is 4.90 Å². The second kappa shape index (κ2) is 9.33. The Hall–Kier alpha value is -4.00. The number of carbonyl (C=O) groups is 2. The number of nitrogens with zero attached hydrogens (tertiary/aromatic N) is 2. The van der Waals surface area contributed by atoms with Crippen LogP contribution in [0.25, 0.3) is 0 Å². The number of benzene rings is 3. The quantitative estimate of drug-likeness (QED) is 0.562. The molecule has 35 heavy (non-hydrogen) atoms. The standard InChI is InChI=1S/C28H28N2O5/c1-18-28(32)30(22-11-7-8-12-23(22)35-18)17-26(31)29-14-13-20-15-24(33-2)25(34-3)16-21(20)27(29)19-9-5-4-6-10-19/h4-12,15-16,18,27H,13-14,17H2,1-3H3. The monoisotopic (exact) mass is 472 g/mol. The van der Waals surface area contributed by atoms with E-state index in [1.54, 1.807) is 21.1 Å². The number of amides is 2. The maximum absolute atomic E-state index is 13.8. The predicted molar refractivity (Wildman–Crippen MR) is 132 cm³/mol. The van der Waals surface area contributed by atoms with Crippen molar-refractivity contribution in [2.75, 3.05) is 32.2 Å². The first-order valence-electron chi connectivity index (χ1n) is 11.7. The first-order valence-corrected chi connectivity index (χ1v) is 11.7. The molecule has 0 bridgehead atoms. The lowest BCUT2D eigenvalue weighted by Crippen LogP contribution is -2.51. The van der Waals surface area contributed by atoms with Crippen molar-refractivity contribution in [1.29, 1.82) is 0 Å². The number of rotatable bonds is 5. The number of anilines is 1. The van der Waals surface area contributed by atoms with Gasteiger partial charge < -0.3 is 19.1 Å². The number of ether oxygens (including phenoxy) is 3.